The molecule has 0 aliphatic carbocycles. The van der Waals surface area contributed by atoms with Crippen LogP contribution in [-0.4, -0.2) is 9.13 Å². The average Bonchev–Trinajstić information content (AvgIpc) is 3.52. The summed E-state index contributed by atoms with van der Waals surface area (Å²) in [7, 11) is 0. The minimum atomic E-state index is 0.792. The number of aromatic nitrogens is 2. The van der Waals surface area contributed by atoms with E-state index in [-0.39, 0.29) is 0 Å². The zero-order valence-electron chi connectivity index (χ0n) is 23.6. The van der Waals surface area contributed by atoms with Gasteiger partial charge in [0.1, 0.15) is 0 Å². The summed E-state index contributed by atoms with van der Waals surface area (Å²) in [5.74, 6) is 1.58. The minimum absolute atomic E-state index is 0.792. The van der Waals surface area contributed by atoms with Gasteiger partial charge in [0, 0.05) is 47.3 Å². The van der Waals surface area contributed by atoms with E-state index in [1.54, 1.807) is 0 Å². The zero-order valence-corrected chi connectivity index (χ0v) is 23.6. The topological polar surface area (TPSA) is 9.86 Å². The van der Waals surface area contributed by atoms with Crippen molar-refractivity contribution in [2.75, 3.05) is 0 Å². The van der Waals surface area contributed by atoms with Gasteiger partial charge in [-0.25, -0.2) is 0 Å². The lowest BCUT2D eigenvalue weighted by Crippen LogP contribution is -1.97. The van der Waals surface area contributed by atoms with Crippen molar-refractivity contribution in [2.45, 2.75) is 79.3 Å². The van der Waals surface area contributed by atoms with Crippen LogP contribution in [0.25, 0.3) is 54.1 Å². The van der Waals surface area contributed by atoms with Gasteiger partial charge in [0.05, 0.1) is 0 Å². The molecule has 0 fully saturated rings. The molecule has 0 radical (unpaired) electrons. The first-order valence-electron chi connectivity index (χ1n) is 14.9. The van der Waals surface area contributed by atoms with Gasteiger partial charge in [0.2, 0.25) is 0 Å². The number of fused-ring (bicyclic) bond motifs is 9. The Labute approximate surface area is 227 Å². The van der Waals surface area contributed by atoms with Crippen LogP contribution in [-0.2, 0) is 13.1 Å². The maximum Gasteiger partial charge on any atom is 0.0486 e. The minimum Gasteiger partial charge on any atom is -0.347 e. The molecular weight excluding hydrogens is 460 g/mol. The smallest absolute Gasteiger partial charge is 0.0486 e. The van der Waals surface area contributed by atoms with Crippen molar-refractivity contribution in [1.29, 1.82) is 0 Å². The highest BCUT2D eigenvalue weighted by Gasteiger charge is 2.12. The summed E-state index contributed by atoms with van der Waals surface area (Å²) in [6.07, 6.45) is 12.3. The SMILES string of the molecule is CC(C)CCCCn1ccc2c3ccc4c(ccc5c4ccc4c5ccn4CCCCC(C)C)c3ccc21. The summed E-state index contributed by atoms with van der Waals surface area (Å²) in [4.78, 5) is 0. The Morgan fingerprint density at radius 2 is 0.763 bits per heavy atom. The Bertz CT molecular complexity index is 1600. The molecule has 0 bridgehead atoms. The van der Waals surface area contributed by atoms with Crippen LogP contribution in [0.2, 0.25) is 0 Å². The van der Waals surface area contributed by atoms with E-state index in [1.165, 1.54) is 92.6 Å². The predicted octanol–water partition coefficient (Wildman–Crippen LogP) is 10.7. The van der Waals surface area contributed by atoms with E-state index < -0.39 is 0 Å². The number of hydrogen-bond acceptors (Lipinski definition) is 0. The molecule has 6 rings (SSSR count). The Balaban J connectivity index is 1.35. The van der Waals surface area contributed by atoms with Crippen molar-refractivity contribution in [1.82, 2.24) is 9.13 Å². The average molecular weight is 503 g/mol. The molecule has 2 aromatic heterocycles. The molecule has 0 saturated carbocycles. The fourth-order valence-corrected chi connectivity index (χ4v) is 6.46. The van der Waals surface area contributed by atoms with Gasteiger partial charge >= 0.3 is 0 Å². The third-order valence-electron chi connectivity index (χ3n) is 8.55. The lowest BCUT2D eigenvalue weighted by atomic mass is 9.94. The van der Waals surface area contributed by atoms with E-state index in [2.05, 4.69) is 110 Å². The summed E-state index contributed by atoms with van der Waals surface area (Å²) in [6, 6.07) is 23.4. The second-order valence-corrected chi connectivity index (χ2v) is 12.2. The highest BCUT2D eigenvalue weighted by Crippen LogP contribution is 2.37. The number of rotatable bonds is 10. The van der Waals surface area contributed by atoms with Gasteiger partial charge in [-0.2, -0.15) is 0 Å². The van der Waals surface area contributed by atoms with Gasteiger partial charge in [-0.05, 0) is 81.3 Å². The van der Waals surface area contributed by atoms with E-state index in [0.717, 1.165) is 24.9 Å². The van der Waals surface area contributed by atoms with E-state index >= 15 is 0 Å². The van der Waals surface area contributed by atoms with Crippen LogP contribution < -0.4 is 0 Å². The first-order valence-corrected chi connectivity index (χ1v) is 14.9. The molecule has 0 amide bonds. The van der Waals surface area contributed by atoms with Crippen molar-refractivity contribution in [3.05, 3.63) is 73.1 Å². The predicted molar refractivity (Wildman–Crippen MR) is 167 cm³/mol. The van der Waals surface area contributed by atoms with Crippen LogP contribution in [0.4, 0.5) is 0 Å². The van der Waals surface area contributed by atoms with Crippen LogP contribution >= 0.6 is 0 Å². The molecule has 6 aromatic rings. The number of benzene rings is 4. The van der Waals surface area contributed by atoms with Gasteiger partial charge in [0.15, 0.2) is 0 Å². The molecule has 0 spiro atoms. The van der Waals surface area contributed by atoms with Crippen molar-refractivity contribution >= 4 is 54.1 Å². The van der Waals surface area contributed by atoms with E-state index in [9.17, 15) is 0 Å². The van der Waals surface area contributed by atoms with Crippen molar-refractivity contribution < 1.29 is 0 Å². The largest absolute Gasteiger partial charge is 0.347 e. The molecule has 38 heavy (non-hydrogen) atoms. The molecule has 4 aromatic carbocycles. The highest BCUT2D eigenvalue weighted by molar-refractivity contribution is 6.24. The third kappa shape index (κ3) is 4.59. The van der Waals surface area contributed by atoms with Crippen molar-refractivity contribution in [3.8, 4) is 0 Å². The van der Waals surface area contributed by atoms with Gasteiger partial charge in [0.25, 0.3) is 0 Å². The van der Waals surface area contributed by atoms with Gasteiger partial charge in [-0.15, -0.1) is 0 Å². The second kappa shape index (κ2) is 10.5. The Morgan fingerprint density at radius 3 is 1.13 bits per heavy atom. The van der Waals surface area contributed by atoms with E-state index in [1.807, 2.05) is 0 Å². The standard InChI is InChI=1S/C36H42N2/c1-25(2)9-5-7-21-37-23-19-33-31-13-11-28-27(29(31)15-17-35(33)37)12-14-32-30(28)16-18-36-34(32)20-24-38(36)22-8-6-10-26(3)4/h11-20,23-26H,5-10,21-22H2,1-4H3. The molecule has 2 nitrogen and oxygen atoms in total. The zero-order chi connectivity index (χ0) is 26.2. The second-order valence-electron chi connectivity index (χ2n) is 12.2. The van der Waals surface area contributed by atoms with Gasteiger partial charge in [-0.1, -0.05) is 89.8 Å². The first kappa shape index (κ1) is 25.0. The summed E-state index contributed by atoms with van der Waals surface area (Å²) >= 11 is 0. The number of unbranched alkanes of at least 4 members (excludes halogenated alkanes) is 2. The lowest BCUT2D eigenvalue weighted by molar-refractivity contribution is 0.513. The number of hydrogen-bond donors (Lipinski definition) is 0. The van der Waals surface area contributed by atoms with Gasteiger partial charge in [-0.3, -0.25) is 0 Å². The van der Waals surface area contributed by atoms with Crippen LogP contribution in [0.3, 0.4) is 0 Å². The molecule has 2 heterocycles. The molecule has 0 aliphatic rings. The summed E-state index contributed by atoms with van der Waals surface area (Å²) < 4.78 is 4.90. The molecule has 0 saturated heterocycles. The molecule has 0 atom stereocenters. The van der Waals surface area contributed by atoms with E-state index in [0.29, 0.717) is 0 Å². The van der Waals surface area contributed by atoms with Crippen LogP contribution in [0.1, 0.15) is 66.2 Å². The summed E-state index contributed by atoms with van der Waals surface area (Å²) in [5.41, 5.74) is 2.72. The molecule has 0 aliphatic heterocycles. The summed E-state index contributed by atoms with van der Waals surface area (Å²) in [5, 5.41) is 10.9. The van der Waals surface area contributed by atoms with Crippen LogP contribution in [0.15, 0.2) is 73.1 Å². The fourth-order valence-electron chi connectivity index (χ4n) is 6.46. The Morgan fingerprint density at radius 1 is 0.421 bits per heavy atom. The van der Waals surface area contributed by atoms with E-state index in [4.69, 9.17) is 0 Å². The first-order chi connectivity index (χ1) is 18.5. The van der Waals surface area contributed by atoms with Crippen LogP contribution in [0, 0.1) is 11.8 Å². The highest BCUT2D eigenvalue weighted by atomic mass is 15.0. The molecule has 0 N–H and O–H groups in total. The number of nitrogens with zero attached hydrogens (tertiary/aromatic N) is 2. The normalized spacial score (nSPS) is 12.5. The molecule has 2 heteroatoms. The maximum atomic E-state index is 2.45. The molecular formula is C36H42N2. The molecule has 196 valence electrons. The maximum absolute atomic E-state index is 2.45. The fraction of sp³-hybridized carbons (Fsp3) is 0.389. The van der Waals surface area contributed by atoms with Crippen molar-refractivity contribution in [3.63, 3.8) is 0 Å². The lowest BCUT2D eigenvalue weighted by Gasteiger charge is -2.12. The Kier molecular flexibility index (Phi) is 6.91. The van der Waals surface area contributed by atoms with Crippen LogP contribution in [0.5, 0.6) is 0 Å². The Hall–Kier alpha value is -3.26. The van der Waals surface area contributed by atoms with Crippen molar-refractivity contribution in [2.24, 2.45) is 11.8 Å². The van der Waals surface area contributed by atoms with Gasteiger partial charge < -0.3 is 9.13 Å². The summed E-state index contributed by atoms with van der Waals surface area (Å²) in [6.45, 7) is 11.5. The number of aryl methyl sites for hydroxylation is 2. The monoisotopic (exact) mass is 502 g/mol. The quantitative estimate of drug-likeness (QED) is 0.130. The molecule has 0 unspecified atom stereocenters. The third-order valence-corrected chi connectivity index (χ3v) is 8.55.